The van der Waals surface area contributed by atoms with E-state index in [1.54, 1.807) is 0 Å². The van der Waals surface area contributed by atoms with E-state index in [9.17, 15) is 0 Å². The first kappa shape index (κ1) is 13.1. The smallest absolute Gasteiger partial charge is 0.127 e. The maximum absolute atomic E-state index is 6.37. The van der Waals surface area contributed by atoms with Crippen LogP contribution in [0.2, 0.25) is 0 Å². The number of halogens is 2. The van der Waals surface area contributed by atoms with Crippen LogP contribution in [0.4, 0.5) is 0 Å². The SMILES string of the molecule is CC(Cl)c1nc2cc(Br)ccc2n1CC1(C2CC2)CC1. The lowest BCUT2D eigenvalue weighted by Crippen LogP contribution is -2.16. The molecule has 4 rings (SSSR count). The highest BCUT2D eigenvalue weighted by Gasteiger charge is 2.54. The quantitative estimate of drug-likeness (QED) is 0.683. The number of hydrogen-bond acceptors (Lipinski definition) is 1. The number of hydrogen-bond donors (Lipinski definition) is 0. The van der Waals surface area contributed by atoms with Crippen molar-refractivity contribution in [2.45, 2.75) is 44.5 Å². The van der Waals surface area contributed by atoms with E-state index in [4.69, 9.17) is 16.6 Å². The van der Waals surface area contributed by atoms with Crippen LogP contribution in [0.25, 0.3) is 11.0 Å². The van der Waals surface area contributed by atoms with Crippen LogP contribution in [0.1, 0.15) is 43.8 Å². The molecule has 1 aromatic heterocycles. The Bertz CT molecular complexity index is 668. The molecule has 1 heterocycles. The van der Waals surface area contributed by atoms with Crippen molar-refractivity contribution in [1.82, 2.24) is 9.55 Å². The second kappa shape index (κ2) is 4.48. The number of nitrogens with zero attached hydrogens (tertiary/aromatic N) is 2. The third-order valence-corrected chi connectivity index (χ3v) is 5.59. The van der Waals surface area contributed by atoms with Gasteiger partial charge >= 0.3 is 0 Å². The predicted molar refractivity (Wildman–Crippen MR) is 86.1 cm³/mol. The van der Waals surface area contributed by atoms with Gasteiger partial charge in [0.05, 0.1) is 16.4 Å². The third kappa shape index (κ3) is 2.10. The molecule has 2 aliphatic rings. The number of fused-ring (bicyclic) bond motifs is 1. The maximum atomic E-state index is 6.37. The highest BCUT2D eigenvalue weighted by molar-refractivity contribution is 9.10. The Kier molecular flexibility index (Phi) is 2.94. The van der Waals surface area contributed by atoms with E-state index in [-0.39, 0.29) is 5.38 Å². The van der Waals surface area contributed by atoms with Gasteiger partial charge in [0.25, 0.3) is 0 Å². The molecule has 1 unspecified atom stereocenters. The van der Waals surface area contributed by atoms with Crippen LogP contribution in [-0.2, 0) is 6.54 Å². The van der Waals surface area contributed by atoms with Crippen molar-refractivity contribution in [3.8, 4) is 0 Å². The molecule has 2 nitrogen and oxygen atoms in total. The molecular formula is C16H18BrClN2. The zero-order valence-electron chi connectivity index (χ0n) is 11.6. The summed E-state index contributed by atoms with van der Waals surface area (Å²) < 4.78 is 3.46. The molecule has 0 aliphatic heterocycles. The molecule has 1 aromatic carbocycles. The highest BCUT2D eigenvalue weighted by Crippen LogP contribution is 2.62. The van der Waals surface area contributed by atoms with Crippen molar-refractivity contribution in [3.05, 3.63) is 28.5 Å². The summed E-state index contributed by atoms with van der Waals surface area (Å²) in [6.07, 6.45) is 5.60. The van der Waals surface area contributed by atoms with Crippen molar-refractivity contribution >= 4 is 38.6 Å². The van der Waals surface area contributed by atoms with Crippen molar-refractivity contribution in [3.63, 3.8) is 0 Å². The maximum Gasteiger partial charge on any atom is 0.127 e. The van der Waals surface area contributed by atoms with Crippen molar-refractivity contribution in [2.75, 3.05) is 0 Å². The molecule has 0 N–H and O–H groups in total. The summed E-state index contributed by atoms with van der Waals surface area (Å²) in [4.78, 5) is 4.77. The van der Waals surface area contributed by atoms with Crippen molar-refractivity contribution < 1.29 is 0 Å². The lowest BCUT2D eigenvalue weighted by atomic mass is 10.0. The van der Waals surface area contributed by atoms with Gasteiger partial charge in [-0.05, 0) is 62.1 Å². The molecule has 106 valence electrons. The first-order valence-corrected chi connectivity index (χ1v) is 8.62. The summed E-state index contributed by atoms with van der Waals surface area (Å²) in [7, 11) is 0. The Hall–Kier alpha value is -0.540. The fourth-order valence-corrected chi connectivity index (χ4v) is 3.97. The van der Waals surface area contributed by atoms with Gasteiger partial charge in [0.15, 0.2) is 0 Å². The van der Waals surface area contributed by atoms with E-state index in [1.807, 2.05) is 6.92 Å². The van der Waals surface area contributed by atoms with Gasteiger partial charge in [0.1, 0.15) is 5.82 Å². The summed E-state index contributed by atoms with van der Waals surface area (Å²) in [6, 6.07) is 6.35. The van der Waals surface area contributed by atoms with Crippen LogP contribution in [-0.4, -0.2) is 9.55 Å². The van der Waals surface area contributed by atoms with Crippen LogP contribution >= 0.6 is 27.5 Å². The van der Waals surface area contributed by atoms with Gasteiger partial charge in [-0.3, -0.25) is 0 Å². The fourth-order valence-electron chi connectivity index (χ4n) is 3.46. The predicted octanol–water partition coefficient (Wildman–Crippen LogP) is 5.29. The molecule has 20 heavy (non-hydrogen) atoms. The molecule has 2 saturated carbocycles. The van der Waals surface area contributed by atoms with E-state index < -0.39 is 0 Å². The highest BCUT2D eigenvalue weighted by atomic mass is 79.9. The molecule has 4 heteroatoms. The average Bonchev–Trinajstić information content (AvgIpc) is 3.27. The second-order valence-corrected chi connectivity index (χ2v) is 8.01. The van der Waals surface area contributed by atoms with E-state index >= 15 is 0 Å². The normalized spacial score (nSPS) is 22.1. The van der Waals surface area contributed by atoms with Crippen LogP contribution in [0.3, 0.4) is 0 Å². The minimum absolute atomic E-state index is 0.0452. The first-order valence-electron chi connectivity index (χ1n) is 7.39. The van der Waals surface area contributed by atoms with E-state index in [0.717, 1.165) is 28.3 Å². The molecule has 1 atom stereocenters. The number of aromatic nitrogens is 2. The molecular weight excluding hydrogens is 336 g/mol. The lowest BCUT2D eigenvalue weighted by Gasteiger charge is -2.18. The van der Waals surface area contributed by atoms with Crippen molar-refractivity contribution in [1.29, 1.82) is 0 Å². The molecule has 0 radical (unpaired) electrons. The average molecular weight is 354 g/mol. The van der Waals surface area contributed by atoms with Gasteiger partial charge in [0, 0.05) is 11.0 Å². The topological polar surface area (TPSA) is 17.8 Å². The van der Waals surface area contributed by atoms with Gasteiger partial charge < -0.3 is 4.57 Å². The summed E-state index contributed by atoms with van der Waals surface area (Å²) in [5, 5.41) is -0.0452. The summed E-state index contributed by atoms with van der Waals surface area (Å²) in [5.41, 5.74) is 2.83. The number of alkyl halides is 1. The largest absolute Gasteiger partial charge is 0.326 e. The summed E-state index contributed by atoms with van der Waals surface area (Å²) >= 11 is 9.90. The minimum atomic E-state index is -0.0452. The Morgan fingerprint density at radius 1 is 1.45 bits per heavy atom. The van der Waals surface area contributed by atoms with E-state index in [1.165, 1.54) is 31.2 Å². The monoisotopic (exact) mass is 352 g/mol. The zero-order chi connectivity index (χ0) is 13.9. The lowest BCUT2D eigenvalue weighted by molar-refractivity contribution is 0.369. The van der Waals surface area contributed by atoms with Crippen LogP contribution in [0.15, 0.2) is 22.7 Å². The van der Waals surface area contributed by atoms with Gasteiger partial charge in [-0.15, -0.1) is 11.6 Å². The summed E-state index contributed by atoms with van der Waals surface area (Å²) in [6.45, 7) is 3.12. The molecule has 0 amide bonds. The van der Waals surface area contributed by atoms with Crippen molar-refractivity contribution in [2.24, 2.45) is 11.3 Å². The molecule has 2 fully saturated rings. The number of benzene rings is 1. The second-order valence-electron chi connectivity index (χ2n) is 6.44. The Balaban J connectivity index is 1.81. The van der Waals surface area contributed by atoms with Crippen LogP contribution in [0, 0.1) is 11.3 Å². The molecule has 2 aliphatic carbocycles. The molecule has 0 saturated heterocycles. The van der Waals surface area contributed by atoms with E-state index in [2.05, 4.69) is 38.7 Å². The van der Waals surface area contributed by atoms with Gasteiger partial charge in [-0.2, -0.15) is 0 Å². The van der Waals surface area contributed by atoms with Crippen LogP contribution < -0.4 is 0 Å². The van der Waals surface area contributed by atoms with Gasteiger partial charge in [-0.1, -0.05) is 15.9 Å². The minimum Gasteiger partial charge on any atom is -0.326 e. The molecule has 2 aromatic rings. The van der Waals surface area contributed by atoms with Crippen LogP contribution in [0.5, 0.6) is 0 Å². The standard InChI is InChI=1S/C16H18BrClN2/c1-10(18)15-19-13-8-12(17)4-5-14(13)20(15)9-16(6-7-16)11-2-3-11/h4-5,8,10-11H,2-3,6-7,9H2,1H3. The van der Waals surface area contributed by atoms with Gasteiger partial charge in [-0.25, -0.2) is 4.98 Å². The Morgan fingerprint density at radius 3 is 2.80 bits per heavy atom. The molecule has 0 bridgehead atoms. The third-order valence-electron chi connectivity index (χ3n) is 4.90. The van der Waals surface area contributed by atoms with Gasteiger partial charge in [0.2, 0.25) is 0 Å². The Labute approximate surface area is 132 Å². The summed E-state index contributed by atoms with van der Waals surface area (Å²) in [5.74, 6) is 1.97. The Morgan fingerprint density at radius 2 is 2.20 bits per heavy atom. The zero-order valence-corrected chi connectivity index (χ0v) is 13.9. The number of imidazole rings is 1. The number of rotatable bonds is 4. The first-order chi connectivity index (χ1) is 9.59. The van der Waals surface area contributed by atoms with E-state index in [0.29, 0.717) is 5.41 Å². The fraction of sp³-hybridized carbons (Fsp3) is 0.562. The molecule has 0 spiro atoms.